The summed E-state index contributed by atoms with van der Waals surface area (Å²) in [7, 11) is -4.53. The van der Waals surface area contributed by atoms with Crippen molar-refractivity contribution in [3.05, 3.63) is 130 Å². The Balaban J connectivity index is 1.83. The maximum Gasteiger partial charge on any atom is 0.416 e. The van der Waals surface area contributed by atoms with Gasteiger partial charge in [-0.05, 0) is 60.0 Å². The minimum atomic E-state index is -4.76. The van der Waals surface area contributed by atoms with Gasteiger partial charge in [-0.15, -0.1) is 0 Å². The zero-order valence-electron chi connectivity index (χ0n) is 25.0. The number of carbonyl (C=O) groups is 2. The predicted molar refractivity (Wildman–Crippen MR) is 174 cm³/mol. The quantitative estimate of drug-likeness (QED) is 0.165. The molecule has 0 fully saturated rings. The number of benzene rings is 4. The average Bonchev–Trinajstić information content (AvgIpc) is 3.04. The summed E-state index contributed by atoms with van der Waals surface area (Å²) >= 11 is 3.43. The Morgan fingerprint density at radius 2 is 1.48 bits per heavy atom. The molecule has 0 heterocycles. The van der Waals surface area contributed by atoms with Crippen LogP contribution in [0.15, 0.2) is 119 Å². The molecule has 0 aromatic heterocycles. The van der Waals surface area contributed by atoms with Crippen LogP contribution in [0.5, 0.6) is 0 Å². The fourth-order valence-corrected chi connectivity index (χ4v) is 6.71. The van der Waals surface area contributed by atoms with E-state index >= 15 is 0 Å². The Morgan fingerprint density at radius 1 is 0.848 bits per heavy atom. The van der Waals surface area contributed by atoms with E-state index in [4.69, 9.17) is 0 Å². The summed E-state index contributed by atoms with van der Waals surface area (Å²) in [4.78, 5) is 29.1. The molecule has 0 saturated heterocycles. The number of amides is 2. The summed E-state index contributed by atoms with van der Waals surface area (Å²) in [6.07, 6.45) is -4.00. The monoisotopic (exact) mass is 715 g/mol. The number of hydrogen-bond donors (Lipinski definition) is 1. The van der Waals surface area contributed by atoms with E-state index in [1.807, 2.05) is 25.1 Å². The lowest BCUT2D eigenvalue weighted by Gasteiger charge is -2.34. The van der Waals surface area contributed by atoms with Crippen molar-refractivity contribution in [1.29, 1.82) is 0 Å². The van der Waals surface area contributed by atoms with Crippen LogP contribution in [0.25, 0.3) is 0 Å². The third kappa shape index (κ3) is 8.97. The van der Waals surface area contributed by atoms with Gasteiger partial charge in [-0.3, -0.25) is 13.9 Å². The summed E-state index contributed by atoms with van der Waals surface area (Å²) < 4.78 is 70.5. The number of anilines is 1. The first-order chi connectivity index (χ1) is 21.9. The van der Waals surface area contributed by atoms with Crippen LogP contribution in [0, 0.1) is 0 Å². The molecule has 0 aliphatic carbocycles. The molecular formula is C34H33BrF3N3O4S. The van der Waals surface area contributed by atoms with Gasteiger partial charge in [0.15, 0.2) is 0 Å². The molecule has 7 nitrogen and oxygen atoms in total. The van der Waals surface area contributed by atoms with Gasteiger partial charge in [0.25, 0.3) is 10.0 Å². The van der Waals surface area contributed by atoms with Crippen molar-refractivity contribution in [2.75, 3.05) is 17.4 Å². The van der Waals surface area contributed by atoms with Gasteiger partial charge in [0.1, 0.15) is 12.6 Å². The Bertz CT molecular complexity index is 1740. The smallest absolute Gasteiger partial charge is 0.354 e. The number of halogens is 4. The number of nitrogens with zero attached hydrogens (tertiary/aromatic N) is 2. The molecule has 0 radical (unpaired) electrons. The summed E-state index contributed by atoms with van der Waals surface area (Å²) in [6, 6.07) is 26.1. The Hall–Kier alpha value is -4.16. The van der Waals surface area contributed by atoms with Crippen LogP contribution in [0.2, 0.25) is 0 Å². The van der Waals surface area contributed by atoms with E-state index in [1.165, 1.54) is 35.2 Å². The van der Waals surface area contributed by atoms with Crippen molar-refractivity contribution in [3.8, 4) is 0 Å². The fraction of sp³-hybridized carbons (Fsp3) is 0.235. The van der Waals surface area contributed by atoms with Gasteiger partial charge in [0.2, 0.25) is 11.8 Å². The second-order valence-electron chi connectivity index (χ2n) is 10.5. The lowest BCUT2D eigenvalue weighted by atomic mass is 10.0. The van der Waals surface area contributed by atoms with Gasteiger partial charge in [-0.25, -0.2) is 8.42 Å². The van der Waals surface area contributed by atoms with Crippen molar-refractivity contribution in [1.82, 2.24) is 10.2 Å². The van der Waals surface area contributed by atoms with Gasteiger partial charge < -0.3 is 10.2 Å². The van der Waals surface area contributed by atoms with Crippen molar-refractivity contribution >= 4 is 43.5 Å². The summed E-state index contributed by atoms with van der Waals surface area (Å²) in [5, 5.41) is 2.85. The van der Waals surface area contributed by atoms with E-state index in [1.54, 1.807) is 42.5 Å². The molecule has 242 valence electrons. The third-order valence-electron chi connectivity index (χ3n) is 7.13. The number of nitrogens with one attached hydrogen (secondary N) is 1. The highest BCUT2D eigenvalue weighted by Crippen LogP contribution is 2.33. The standard InChI is InChI=1S/C34H33BrF3N3O4S/c1-2-19-39-33(43)31(21-25-11-5-3-6-12-25)40(23-26-13-9-15-28(35)20-26)32(42)24-41(46(44,45)30-17-7-4-8-18-30)29-16-10-14-27(22-29)34(36,37)38/h3-18,20,22,31H,2,19,21,23-24H2,1H3,(H,39,43)/t31-/m0/s1. The highest BCUT2D eigenvalue weighted by Gasteiger charge is 2.36. The largest absolute Gasteiger partial charge is 0.416 e. The van der Waals surface area contributed by atoms with Crippen molar-refractivity contribution in [2.45, 2.75) is 43.4 Å². The summed E-state index contributed by atoms with van der Waals surface area (Å²) in [5.74, 6) is -1.21. The minimum absolute atomic E-state index is 0.0723. The van der Waals surface area contributed by atoms with Crippen LogP contribution in [0.1, 0.15) is 30.0 Å². The fourth-order valence-electron chi connectivity index (χ4n) is 4.84. The molecule has 4 aromatic rings. The Morgan fingerprint density at radius 3 is 2.11 bits per heavy atom. The maximum absolute atomic E-state index is 14.4. The number of sulfonamides is 1. The highest BCUT2D eigenvalue weighted by atomic mass is 79.9. The molecular weight excluding hydrogens is 683 g/mol. The second kappa shape index (κ2) is 15.4. The first kappa shape index (κ1) is 34.7. The van der Waals surface area contributed by atoms with E-state index in [-0.39, 0.29) is 23.5 Å². The van der Waals surface area contributed by atoms with Gasteiger partial charge in [0, 0.05) is 24.0 Å². The molecule has 4 rings (SSSR count). The zero-order valence-corrected chi connectivity index (χ0v) is 27.4. The van der Waals surface area contributed by atoms with E-state index in [0.717, 1.165) is 22.2 Å². The van der Waals surface area contributed by atoms with Gasteiger partial charge >= 0.3 is 6.18 Å². The van der Waals surface area contributed by atoms with Crippen LogP contribution in [0.4, 0.5) is 18.9 Å². The molecule has 0 spiro atoms. The number of hydrogen-bond acceptors (Lipinski definition) is 4. The molecule has 0 bridgehead atoms. The molecule has 2 amide bonds. The van der Waals surface area contributed by atoms with Crippen LogP contribution >= 0.6 is 15.9 Å². The van der Waals surface area contributed by atoms with E-state index < -0.39 is 46.2 Å². The summed E-state index contributed by atoms with van der Waals surface area (Å²) in [5.41, 5.74) is 0.000485. The first-order valence-electron chi connectivity index (χ1n) is 14.5. The lowest BCUT2D eigenvalue weighted by molar-refractivity contribution is -0.140. The summed E-state index contributed by atoms with van der Waals surface area (Å²) in [6.45, 7) is 1.30. The van der Waals surface area contributed by atoms with Crippen LogP contribution < -0.4 is 9.62 Å². The number of carbonyl (C=O) groups excluding carboxylic acids is 2. The average molecular weight is 717 g/mol. The van der Waals surface area contributed by atoms with Crippen LogP contribution in [-0.2, 0) is 38.8 Å². The van der Waals surface area contributed by atoms with E-state index in [0.29, 0.717) is 28.9 Å². The van der Waals surface area contributed by atoms with Crippen LogP contribution in [0.3, 0.4) is 0 Å². The molecule has 0 unspecified atom stereocenters. The van der Waals surface area contributed by atoms with Gasteiger partial charge in [0.05, 0.1) is 16.1 Å². The van der Waals surface area contributed by atoms with E-state index in [2.05, 4.69) is 21.2 Å². The SMILES string of the molecule is CCCNC(=O)[C@H](Cc1ccccc1)N(Cc1cccc(Br)c1)C(=O)CN(c1cccc(C(F)(F)F)c1)S(=O)(=O)c1ccccc1. The molecule has 12 heteroatoms. The van der Waals surface area contributed by atoms with Gasteiger partial charge in [-0.2, -0.15) is 13.2 Å². The van der Waals surface area contributed by atoms with Gasteiger partial charge in [-0.1, -0.05) is 89.6 Å². The Kier molecular flexibility index (Phi) is 11.6. The highest BCUT2D eigenvalue weighted by molar-refractivity contribution is 9.10. The lowest BCUT2D eigenvalue weighted by Crippen LogP contribution is -2.53. The van der Waals surface area contributed by atoms with Crippen molar-refractivity contribution in [2.24, 2.45) is 0 Å². The molecule has 0 saturated carbocycles. The molecule has 4 aromatic carbocycles. The van der Waals surface area contributed by atoms with Crippen molar-refractivity contribution < 1.29 is 31.2 Å². The first-order valence-corrected chi connectivity index (χ1v) is 16.7. The molecule has 1 N–H and O–H groups in total. The number of rotatable bonds is 13. The van der Waals surface area contributed by atoms with Crippen molar-refractivity contribution in [3.63, 3.8) is 0 Å². The maximum atomic E-state index is 14.4. The topological polar surface area (TPSA) is 86.8 Å². The molecule has 0 aliphatic heterocycles. The third-order valence-corrected chi connectivity index (χ3v) is 9.42. The zero-order chi connectivity index (χ0) is 33.3. The normalized spacial score (nSPS) is 12.3. The van der Waals surface area contributed by atoms with Crippen LogP contribution in [-0.4, -0.2) is 44.3 Å². The molecule has 1 atom stereocenters. The predicted octanol–water partition coefficient (Wildman–Crippen LogP) is 6.83. The number of alkyl halides is 3. The second-order valence-corrected chi connectivity index (χ2v) is 13.3. The van der Waals surface area contributed by atoms with E-state index in [9.17, 15) is 31.2 Å². The minimum Gasteiger partial charge on any atom is -0.354 e. The Labute approximate surface area is 275 Å². The molecule has 0 aliphatic rings. The molecule has 46 heavy (non-hydrogen) atoms.